The first-order chi connectivity index (χ1) is 9.61. The van der Waals surface area contributed by atoms with Gasteiger partial charge in [-0.3, -0.25) is 14.7 Å². The second-order valence-corrected chi connectivity index (χ2v) is 5.84. The Morgan fingerprint density at radius 2 is 2.25 bits per heavy atom. The molecule has 0 aromatic carbocycles. The summed E-state index contributed by atoms with van der Waals surface area (Å²) in [5.74, 6) is -0.245. The lowest BCUT2D eigenvalue weighted by Crippen LogP contribution is -2.45. The average Bonchev–Trinajstić information content (AvgIpc) is 2.47. The van der Waals surface area contributed by atoms with Crippen LogP contribution in [0.3, 0.4) is 0 Å². The van der Waals surface area contributed by atoms with Gasteiger partial charge in [-0.05, 0) is 44.4 Å². The number of carboxylic acids is 1. The van der Waals surface area contributed by atoms with E-state index in [0.717, 1.165) is 31.4 Å². The summed E-state index contributed by atoms with van der Waals surface area (Å²) in [5, 5.41) is 9.44. The van der Waals surface area contributed by atoms with Gasteiger partial charge < -0.3 is 5.11 Å². The topological polar surface area (TPSA) is 53.4 Å². The predicted molar refractivity (Wildman–Crippen MR) is 78.2 cm³/mol. The molecule has 1 aromatic rings. The highest BCUT2D eigenvalue weighted by molar-refractivity contribution is 5.71. The molecule has 0 aliphatic heterocycles. The summed E-state index contributed by atoms with van der Waals surface area (Å²) in [5.41, 5.74) is 0.998. The van der Waals surface area contributed by atoms with Gasteiger partial charge in [0.15, 0.2) is 0 Å². The Bertz CT molecular complexity index is 435. The van der Waals surface area contributed by atoms with Crippen LogP contribution in [0.4, 0.5) is 0 Å². The van der Waals surface area contributed by atoms with Crippen LogP contribution in [0.2, 0.25) is 0 Å². The van der Waals surface area contributed by atoms with E-state index in [1.165, 1.54) is 0 Å². The molecule has 0 bridgehead atoms. The van der Waals surface area contributed by atoms with Crippen molar-refractivity contribution in [3.63, 3.8) is 0 Å². The summed E-state index contributed by atoms with van der Waals surface area (Å²) in [6, 6.07) is 5.98. The number of nitrogens with zero attached hydrogens (tertiary/aromatic N) is 2. The Morgan fingerprint density at radius 1 is 1.45 bits per heavy atom. The number of carbonyl (C=O) groups is 1. The average molecular weight is 276 g/mol. The van der Waals surface area contributed by atoms with Crippen LogP contribution in [-0.4, -0.2) is 34.0 Å². The molecule has 1 fully saturated rings. The third-order valence-electron chi connectivity index (χ3n) is 4.52. The Balaban J connectivity index is 2.07. The predicted octanol–water partition coefficient (Wildman–Crippen LogP) is 2.79. The number of hydrogen-bond donors (Lipinski definition) is 1. The molecule has 3 atom stereocenters. The van der Waals surface area contributed by atoms with Crippen molar-refractivity contribution in [1.29, 1.82) is 0 Å². The minimum Gasteiger partial charge on any atom is -0.481 e. The van der Waals surface area contributed by atoms with Gasteiger partial charge in [-0.1, -0.05) is 19.4 Å². The van der Waals surface area contributed by atoms with Crippen molar-refractivity contribution in [1.82, 2.24) is 9.88 Å². The zero-order valence-corrected chi connectivity index (χ0v) is 12.3. The third-order valence-corrected chi connectivity index (χ3v) is 4.52. The number of carboxylic acid groups (broad SMARTS) is 1. The number of hydrogen-bond acceptors (Lipinski definition) is 3. The van der Waals surface area contributed by atoms with Crippen LogP contribution in [0.15, 0.2) is 24.4 Å². The first kappa shape index (κ1) is 15.0. The van der Waals surface area contributed by atoms with Gasteiger partial charge in [-0.2, -0.15) is 0 Å². The summed E-state index contributed by atoms with van der Waals surface area (Å²) in [6.07, 6.45) is 5.75. The molecular weight excluding hydrogens is 252 g/mol. The maximum atomic E-state index is 11.5. The van der Waals surface area contributed by atoms with Crippen LogP contribution < -0.4 is 0 Å². The van der Waals surface area contributed by atoms with E-state index in [9.17, 15) is 9.90 Å². The zero-order chi connectivity index (χ0) is 14.5. The van der Waals surface area contributed by atoms with E-state index in [-0.39, 0.29) is 12.0 Å². The molecule has 20 heavy (non-hydrogen) atoms. The highest BCUT2D eigenvalue weighted by atomic mass is 16.4. The van der Waals surface area contributed by atoms with E-state index >= 15 is 0 Å². The molecule has 1 N–H and O–H groups in total. The SMILES string of the molecule is CCC1CCC(C(=O)O)C(N(C)Cc2ccccn2)C1. The molecule has 3 unspecified atom stereocenters. The monoisotopic (exact) mass is 276 g/mol. The minimum atomic E-state index is -0.655. The van der Waals surface area contributed by atoms with Crippen LogP contribution in [0.5, 0.6) is 0 Å². The lowest BCUT2D eigenvalue weighted by atomic mass is 9.76. The van der Waals surface area contributed by atoms with Gasteiger partial charge in [0.1, 0.15) is 0 Å². The van der Waals surface area contributed by atoms with Gasteiger partial charge in [0.25, 0.3) is 0 Å². The van der Waals surface area contributed by atoms with Gasteiger partial charge in [-0.25, -0.2) is 0 Å². The highest BCUT2D eigenvalue weighted by Gasteiger charge is 2.36. The molecule has 1 aromatic heterocycles. The number of aliphatic carboxylic acids is 1. The van der Waals surface area contributed by atoms with Crippen molar-refractivity contribution >= 4 is 5.97 Å². The van der Waals surface area contributed by atoms with Crippen LogP contribution in [0.1, 0.15) is 38.3 Å². The van der Waals surface area contributed by atoms with Crippen molar-refractivity contribution < 1.29 is 9.90 Å². The molecule has 2 rings (SSSR count). The van der Waals surface area contributed by atoms with Crippen molar-refractivity contribution in [2.75, 3.05) is 7.05 Å². The fraction of sp³-hybridized carbons (Fsp3) is 0.625. The first-order valence-corrected chi connectivity index (χ1v) is 7.44. The number of pyridine rings is 1. The summed E-state index contributed by atoms with van der Waals surface area (Å²) < 4.78 is 0. The normalized spacial score (nSPS) is 26.6. The molecule has 0 spiro atoms. The van der Waals surface area contributed by atoms with E-state index in [1.807, 2.05) is 25.2 Å². The Kier molecular flexibility index (Phi) is 5.12. The summed E-state index contributed by atoms with van der Waals surface area (Å²) in [6.45, 7) is 2.91. The second-order valence-electron chi connectivity index (χ2n) is 5.84. The summed E-state index contributed by atoms with van der Waals surface area (Å²) in [4.78, 5) is 18.0. The van der Waals surface area contributed by atoms with E-state index in [1.54, 1.807) is 6.20 Å². The van der Waals surface area contributed by atoms with Crippen LogP contribution in [0, 0.1) is 11.8 Å². The third kappa shape index (κ3) is 3.57. The molecule has 0 amide bonds. The second kappa shape index (κ2) is 6.84. The van der Waals surface area contributed by atoms with E-state index in [2.05, 4.69) is 16.8 Å². The Labute approximate surface area is 120 Å². The maximum absolute atomic E-state index is 11.5. The van der Waals surface area contributed by atoms with E-state index < -0.39 is 5.97 Å². The first-order valence-electron chi connectivity index (χ1n) is 7.44. The molecule has 1 saturated carbocycles. The van der Waals surface area contributed by atoms with Gasteiger partial charge in [-0.15, -0.1) is 0 Å². The number of rotatable bonds is 5. The van der Waals surface area contributed by atoms with Gasteiger partial charge in [0, 0.05) is 18.8 Å². The molecule has 1 aliphatic rings. The quantitative estimate of drug-likeness (QED) is 0.898. The highest BCUT2D eigenvalue weighted by Crippen LogP contribution is 2.34. The summed E-state index contributed by atoms with van der Waals surface area (Å²) in [7, 11) is 2.02. The molecule has 0 saturated heterocycles. The zero-order valence-electron chi connectivity index (χ0n) is 12.3. The van der Waals surface area contributed by atoms with Crippen molar-refractivity contribution in [2.45, 2.75) is 45.2 Å². The molecule has 1 heterocycles. The van der Waals surface area contributed by atoms with Gasteiger partial charge in [0.05, 0.1) is 11.6 Å². The van der Waals surface area contributed by atoms with Crippen molar-refractivity contribution in [3.8, 4) is 0 Å². The fourth-order valence-corrected chi connectivity index (χ4v) is 3.24. The molecule has 0 radical (unpaired) electrons. The molecule has 4 nitrogen and oxygen atoms in total. The van der Waals surface area contributed by atoms with Crippen LogP contribution in [-0.2, 0) is 11.3 Å². The smallest absolute Gasteiger partial charge is 0.308 e. The summed E-state index contributed by atoms with van der Waals surface area (Å²) >= 11 is 0. The van der Waals surface area contributed by atoms with Crippen molar-refractivity contribution in [3.05, 3.63) is 30.1 Å². The molecule has 110 valence electrons. The lowest BCUT2D eigenvalue weighted by molar-refractivity contribution is -0.146. The van der Waals surface area contributed by atoms with E-state index in [0.29, 0.717) is 12.5 Å². The largest absolute Gasteiger partial charge is 0.481 e. The minimum absolute atomic E-state index is 0.119. The maximum Gasteiger partial charge on any atom is 0.308 e. The van der Waals surface area contributed by atoms with E-state index in [4.69, 9.17) is 0 Å². The van der Waals surface area contributed by atoms with Gasteiger partial charge in [0.2, 0.25) is 0 Å². The van der Waals surface area contributed by atoms with Crippen LogP contribution >= 0.6 is 0 Å². The Morgan fingerprint density at radius 3 is 2.85 bits per heavy atom. The molecule has 4 heteroatoms. The number of aromatic nitrogens is 1. The fourth-order valence-electron chi connectivity index (χ4n) is 3.24. The molecular formula is C16H24N2O2. The standard InChI is InChI=1S/C16H24N2O2/c1-3-12-7-8-14(16(19)20)15(10-12)18(2)11-13-6-4-5-9-17-13/h4-6,9,12,14-15H,3,7-8,10-11H2,1-2H3,(H,19,20). The van der Waals surface area contributed by atoms with Crippen molar-refractivity contribution in [2.24, 2.45) is 11.8 Å². The Hall–Kier alpha value is -1.42. The van der Waals surface area contributed by atoms with Crippen LogP contribution in [0.25, 0.3) is 0 Å². The molecule has 1 aliphatic carbocycles. The lowest BCUT2D eigenvalue weighted by Gasteiger charge is -2.39. The van der Waals surface area contributed by atoms with Gasteiger partial charge >= 0.3 is 5.97 Å².